The molecular weight excluding hydrogens is 524 g/mol. The fourth-order valence-electron chi connectivity index (χ4n) is 3.61. The number of carbonyl (C=O) groups is 3. The van der Waals surface area contributed by atoms with Crippen molar-refractivity contribution >= 4 is 29.2 Å². The van der Waals surface area contributed by atoms with Gasteiger partial charge in [-0.25, -0.2) is 9.69 Å². The fraction of sp³-hybridized carbons (Fsp3) is 0.391. The van der Waals surface area contributed by atoms with Crippen LogP contribution in [0.25, 0.3) is 0 Å². The molecule has 1 aromatic carbocycles. The molecule has 2 heterocycles. The van der Waals surface area contributed by atoms with Crippen LogP contribution in [0.4, 0.5) is 42.5 Å². The summed E-state index contributed by atoms with van der Waals surface area (Å²) in [5.41, 5.74) is -1.33. The number of hydrogen-bond donors (Lipinski definition) is 2. The Balaban J connectivity index is 1.86. The van der Waals surface area contributed by atoms with Crippen molar-refractivity contribution in [1.29, 1.82) is 0 Å². The molecule has 1 fully saturated rings. The minimum absolute atomic E-state index is 0.0420. The average molecular weight is 547 g/mol. The molecule has 9 nitrogen and oxygen atoms in total. The summed E-state index contributed by atoms with van der Waals surface area (Å²) in [6.07, 6.45) is -7.14. The summed E-state index contributed by atoms with van der Waals surface area (Å²) in [6, 6.07) is 5.36. The van der Waals surface area contributed by atoms with Crippen molar-refractivity contribution in [3.63, 3.8) is 0 Å². The maximum absolute atomic E-state index is 13.3. The molecule has 3 rings (SSSR count). The molecule has 2 N–H and O–H groups in total. The average Bonchev–Trinajstić information content (AvgIpc) is 2.96. The van der Waals surface area contributed by atoms with E-state index in [1.165, 1.54) is 31.1 Å². The Morgan fingerprint density at radius 1 is 1.05 bits per heavy atom. The minimum Gasteiger partial charge on any atom is -0.404 e. The number of benzene rings is 1. The lowest BCUT2D eigenvalue weighted by Crippen LogP contribution is -2.43. The Morgan fingerprint density at radius 2 is 1.71 bits per heavy atom. The van der Waals surface area contributed by atoms with Gasteiger partial charge < -0.3 is 20.3 Å². The number of amides is 4. The van der Waals surface area contributed by atoms with Crippen molar-refractivity contribution in [2.45, 2.75) is 44.9 Å². The van der Waals surface area contributed by atoms with E-state index in [2.05, 4.69) is 15.0 Å². The predicted molar refractivity (Wildman–Crippen MR) is 122 cm³/mol. The maximum atomic E-state index is 13.3. The largest absolute Gasteiger partial charge is 0.573 e. The van der Waals surface area contributed by atoms with E-state index in [0.717, 1.165) is 23.1 Å². The first-order valence-electron chi connectivity index (χ1n) is 11.1. The van der Waals surface area contributed by atoms with Crippen molar-refractivity contribution < 1.29 is 45.5 Å². The Labute approximate surface area is 212 Å². The second-order valence-corrected chi connectivity index (χ2v) is 8.74. The van der Waals surface area contributed by atoms with Crippen LogP contribution < -0.4 is 20.3 Å². The lowest BCUT2D eigenvalue weighted by Gasteiger charge is -2.27. The summed E-state index contributed by atoms with van der Waals surface area (Å²) in [7, 11) is 0. The first-order valence-corrected chi connectivity index (χ1v) is 11.1. The van der Waals surface area contributed by atoms with Crippen molar-refractivity contribution in [2.75, 3.05) is 23.3 Å². The van der Waals surface area contributed by atoms with E-state index >= 15 is 0 Å². The number of imide groups is 1. The van der Waals surface area contributed by atoms with E-state index in [-0.39, 0.29) is 12.2 Å². The number of ether oxygens (including phenoxy) is 1. The van der Waals surface area contributed by atoms with Gasteiger partial charge in [-0.15, -0.1) is 13.2 Å². The molecule has 38 heavy (non-hydrogen) atoms. The lowest BCUT2D eigenvalue weighted by molar-refractivity contribution is -0.274. The topological polar surface area (TPSA) is 104 Å². The summed E-state index contributed by atoms with van der Waals surface area (Å²) < 4.78 is 79.4. The molecule has 0 aliphatic carbocycles. The number of nitrogens with one attached hydrogen (secondary N) is 2. The summed E-state index contributed by atoms with van der Waals surface area (Å²) in [5, 5.41) is 4.13. The van der Waals surface area contributed by atoms with Crippen molar-refractivity contribution in [2.24, 2.45) is 0 Å². The van der Waals surface area contributed by atoms with Crippen LogP contribution in [0, 0.1) is 0 Å². The Hall–Kier alpha value is -3.88. The number of rotatable bonds is 9. The van der Waals surface area contributed by atoms with Gasteiger partial charge in [0.2, 0.25) is 5.91 Å². The number of pyridine rings is 1. The molecular formula is C23H23F6N5O4. The van der Waals surface area contributed by atoms with Gasteiger partial charge >= 0.3 is 18.6 Å². The van der Waals surface area contributed by atoms with Crippen LogP contribution in [0.2, 0.25) is 0 Å². The third-order valence-electron chi connectivity index (χ3n) is 5.49. The first-order chi connectivity index (χ1) is 17.6. The lowest BCUT2D eigenvalue weighted by atomic mass is 10.0. The van der Waals surface area contributed by atoms with Gasteiger partial charge in [0.05, 0.1) is 17.9 Å². The van der Waals surface area contributed by atoms with Gasteiger partial charge in [0, 0.05) is 31.9 Å². The Kier molecular flexibility index (Phi) is 8.19. The van der Waals surface area contributed by atoms with Crippen LogP contribution in [0.1, 0.15) is 25.8 Å². The molecule has 1 aromatic heterocycles. The molecule has 2 aromatic rings. The van der Waals surface area contributed by atoms with Gasteiger partial charge in [-0.1, -0.05) is 0 Å². The zero-order chi connectivity index (χ0) is 28.3. The smallest absolute Gasteiger partial charge is 0.404 e. The van der Waals surface area contributed by atoms with Gasteiger partial charge in [-0.05, 0) is 49.7 Å². The van der Waals surface area contributed by atoms with Crippen molar-refractivity contribution in [1.82, 2.24) is 15.2 Å². The monoisotopic (exact) mass is 547 g/mol. The van der Waals surface area contributed by atoms with Gasteiger partial charge in [-0.2, -0.15) is 13.2 Å². The molecule has 0 radical (unpaired) electrons. The third kappa shape index (κ3) is 7.12. The Morgan fingerprint density at radius 3 is 2.32 bits per heavy atom. The third-order valence-corrected chi connectivity index (χ3v) is 5.49. The van der Waals surface area contributed by atoms with Crippen LogP contribution in [-0.2, 0) is 16.1 Å². The van der Waals surface area contributed by atoms with E-state index in [0.29, 0.717) is 5.56 Å². The molecule has 15 heteroatoms. The molecule has 4 amide bonds. The quantitative estimate of drug-likeness (QED) is 0.277. The molecule has 1 aliphatic rings. The normalized spacial score (nSPS) is 15.7. The summed E-state index contributed by atoms with van der Waals surface area (Å²) in [4.78, 5) is 44.6. The van der Waals surface area contributed by atoms with E-state index < -0.39 is 66.9 Å². The molecule has 0 bridgehead atoms. The number of carbonyl (C=O) groups excluding carboxylic acids is 3. The van der Waals surface area contributed by atoms with Gasteiger partial charge in [0.1, 0.15) is 5.54 Å². The van der Waals surface area contributed by atoms with Crippen LogP contribution >= 0.6 is 0 Å². The molecule has 0 saturated carbocycles. The second-order valence-electron chi connectivity index (χ2n) is 8.74. The molecule has 1 saturated heterocycles. The van der Waals surface area contributed by atoms with Gasteiger partial charge in [0.15, 0.2) is 5.75 Å². The van der Waals surface area contributed by atoms with E-state index in [9.17, 15) is 40.7 Å². The standard InChI is InChI=1S/C23H23F6N5O4/c1-21(2)19(36)34(20(37)33(21)12-14-5-8-30-9-6-14)15-3-4-17(38-23(27,28)29)16(11-15)32-18(35)7-10-31-13-22(24,25)26/h3-6,8-9,11,31H,7,10,12-13H2,1-2H3,(H,32,35). The highest BCUT2D eigenvalue weighted by Crippen LogP contribution is 2.38. The van der Waals surface area contributed by atoms with Crippen LogP contribution in [0.3, 0.4) is 0 Å². The SMILES string of the molecule is CC1(C)C(=O)N(c2ccc(OC(F)(F)F)c(NC(=O)CCNCC(F)(F)F)c2)C(=O)N1Cc1ccncc1. The minimum atomic E-state index is -5.14. The second kappa shape index (κ2) is 10.8. The van der Waals surface area contributed by atoms with Crippen LogP contribution in [-0.4, -0.2) is 58.9 Å². The zero-order valence-corrected chi connectivity index (χ0v) is 20.1. The molecule has 0 unspecified atom stereocenters. The summed E-state index contributed by atoms with van der Waals surface area (Å²) in [6.45, 7) is 1.28. The Bertz CT molecular complexity index is 1190. The van der Waals surface area contributed by atoms with Gasteiger partial charge in [-0.3, -0.25) is 14.6 Å². The van der Waals surface area contributed by atoms with E-state index in [4.69, 9.17) is 0 Å². The summed E-state index contributed by atoms with van der Waals surface area (Å²) in [5.74, 6) is -2.44. The van der Waals surface area contributed by atoms with Gasteiger partial charge in [0.25, 0.3) is 5.91 Å². The highest BCUT2D eigenvalue weighted by atomic mass is 19.4. The molecule has 0 atom stereocenters. The zero-order valence-electron chi connectivity index (χ0n) is 20.1. The van der Waals surface area contributed by atoms with E-state index in [1.54, 1.807) is 12.1 Å². The molecule has 1 aliphatic heterocycles. The predicted octanol–water partition coefficient (Wildman–Crippen LogP) is 4.21. The van der Waals surface area contributed by atoms with Crippen molar-refractivity contribution in [3.8, 4) is 5.75 Å². The number of nitrogens with zero attached hydrogens (tertiary/aromatic N) is 3. The highest BCUT2D eigenvalue weighted by Gasteiger charge is 2.52. The van der Waals surface area contributed by atoms with Crippen LogP contribution in [0.5, 0.6) is 5.75 Å². The first kappa shape index (κ1) is 28.7. The maximum Gasteiger partial charge on any atom is 0.573 e. The number of aromatic nitrogens is 1. The number of hydrogen-bond acceptors (Lipinski definition) is 6. The molecule has 206 valence electrons. The van der Waals surface area contributed by atoms with E-state index in [1.807, 2.05) is 5.32 Å². The number of alkyl halides is 6. The number of anilines is 2. The van der Waals surface area contributed by atoms with Crippen LogP contribution in [0.15, 0.2) is 42.7 Å². The fourth-order valence-corrected chi connectivity index (χ4v) is 3.61. The number of halogens is 6. The van der Waals surface area contributed by atoms with Crippen molar-refractivity contribution in [3.05, 3.63) is 48.3 Å². The summed E-state index contributed by atoms with van der Waals surface area (Å²) >= 11 is 0. The number of urea groups is 1. The highest BCUT2D eigenvalue weighted by molar-refractivity contribution is 6.23. The molecule has 0 spiro atoms.